The topological polar surface area (TPSA) is 60.9 Å². The Kier molecular flexibility index (Phi) is 7.28. The zero-order chi connectivity index (χ0) is 21.9. The smallest absolute Gasteiger partial charge is 0.243 e. The van der Waals surface area contributed by atoms with Gasteiger partial charge in [-0.1, -0.05) is 0 Å². The van der Waals surface area contributed by atoms with Gasteiger partial charge in [-0.05, 0) is 57.2 Å². The standard InChI is InChI=1S/C21H28FN3O3S2/c1-16(2)24(14-19-7-4-17(3)29-19)15-21(26)23-10-12-25(13-11-23)30(27,28)20-8-5-18(22)6-9-20/h4-9,16H,10-15H2,1-3H3. The minimum absolute atomic E-state index is 0.0100. The van der Waals surface area contributed by atoms with Crippen molar-refractivity contribution in [2.75, 3.05) is 32.7 Å². The number of sulfonamides is 1. The summed E-state index contributed by atoms with van der Waals surface area (Å²) in [6, 6.07) is 9.23. The number of piperazine rings is 1. The molecule has 1 aromatic carbocycles. The van der Waals surface area contributed by atoms with Crippen LogP contribution in [-0.4, -0.2) is 67.2 Å². The quantitative estimate of drug-likeness (QED) is 0.647. The van der Waals surface area contributed by atoms with Gasteiger partial charge in [0.25, 0.3) is 0 Å². The second-order valence-electron chi connectivity index (χ2n) is 7.75. The van der Waals surface area contributed by atoms with Gasteiger partial charge in [0.05, 0.1) is 11.4 Å². The van der Waals surface area contributed by atoms with E-state index < -0.39 is 15.8 Å². The number of aryl methyl sites for hydroxylation is 1. The van der Waals surface area contributed by atoms with Crippen molar-refractivity contribution in [1.29, 1.82) is 0 Å². The third-order valence-electron chi connectivity index (χ3n) is 5.27. The first-order valence-corrected chi connectivity index (χ1v) is 12.3. The number of hydrogen-bond acceptors (Lipinski definition) is 5. The van der Waals surface area contributed by atoms with Crippen LogP contribution < -0.4 is 0 Å². The molecule has 0 unspecified atom stereocenters. The molecule has 0 radical (unpaired) electrons. The third kappa shape index (κ3) is 5.46. The van der Waals surface area contributed by atoms with Crippen molar-refractivity contribution in [3.8, 4) is 0 Å². The highest BCUT2D eigenvalue weighted by Gasteiger charge is 2.30. The van der Waals surface area contributed by atoms with Crippen LogP contribution in [0.1, 0.15) is 23.6 Å². The van der Waals surface area contributed by atoms with Gasteiger partial charge < -0.3 is 4.90 Å². The molecule has 6 nitrogen and oxygen atoms in total. The normalized spacial score (nSPS) is 15.9. The minimum atomic E-state index is -3.68. The van der Waals surface area contributed by atoms with Gasteiger partial charge in [-0.25, -0.2) is 12.8 Å². The Morgan fingerprint density at radius 2 is 1.73 bits per heavy atom. The Morgan fingerprint density at radius 3 is 2.27 bits per heavy atom. The largest absolute Gasteiger partial charge is 0.339 e. The van der Waals surface area contributed by atoms with Gasteiger partial charge in [0.2, 0.25) is 15.9 Å². The number of carbonyl (C=O) groups is 1. The van der Waals surface area contributed by atoms with Crippen molar-refractivity contribution >= 4 is 27.3 Å². The Hall–Kier alpha value is -1.81. The van der Waals surface area contributed by atoms with E-state index in [0.717, 1.165) is 18.7 Å². The lowest BCUT2D eigenvalue weighted by atomic mass is 10.2. The number of halogens is 1. The van der Waals surface area contributed by atoms with Crippen LogP contribution in [0.2, 0.25) is 0 Å². The molecule has 0 spiro atoms. The predicted molar refractivity (Wildman–Crippen MR) is 116 cm³/mol. The van der Waals surface area contributed by atoms with Gasteiger partial charge in [-0.2, -0.15) is 4.31 Å². The van der Waals surface area contributed by atoms with Crippen LogP contribution in [-0.2, 0) is 21.4 Å². The van der Waals surface area contributed by atoms with Crippen molar-refractivity contribution in [1.82, 2.24) is 14.1 Å². The summed E-state index contributed by atoms with van der Waals surface area (Å²) in [4.78, 5) is 19.3. The van der Waals surface area contributed by atoms with Crippen LogP contribution >= 0.6 is 11.3 Å². The highest BCUT2D eigenvalue weighted by Crippen LogP contribution is 2.20. The lowest BCUT2D eigenvalue weighted by molar-refractivity contribution is -0.134. The van der Waals surface area contributed by atoms with Gasteiger partial charge in [0, 0.05) is 48.5 Å². The average Bonchev–Trinajstić information content (AvgIpc) is 3.12. The Bertz CT molecular complexity index is 966. The first kappa shape index (κ1) is 22.9. The number of benzene rings is 1. The molecular formula is C21H28FN3O3S2. The van der Waals surface area contributed by atoms with Gasteiger partial charge in [-0.3, -0.25) is 9.69 Å². The Labute approximate surface area is 182 Å². The molecule has 0 bridgehead atoms. The van der Waals surface area contributed by atoms with E-state index in [9.17, 15) is 17.6 Å². The van der Waals surface area contributed by atoms with E-state index in [2.05, 4.69) is 37.8 Å². The zero-order valence-electron chi connectivity index (χ0n) is 17.5. The predicted octanol–water partition coefficient (Wildman–Crippen LogP) is 2.94. The summed E-state index contributed by atoms with van der Waals surface area (Å²) in [7, 11) is -3.68. The minimum Gasteiger partial charge on any atom is -0.339 e. The van der Waals surface area contributed by atoms with Gasteiger partial charge >= 0.3 is 0 Å². The number of rotatable bonds is 7. The molecule has 0 aliphatic carbocycles. The van der Waals surface area contributed by atoms with Gasteiger partial charge in [-0.15, -0.1) is 11.3 Å². The van der Waals surface area contributed by atoms with Crippen LogP contribution in [0, 0.1) is 12.7 Å². The van der Waals surface area contributed by atoms with E-state index in [1.165, 1.54) is 26.2 Å². The van der Waals surface area contributed by atoms with E-state index in [1.807, 2.05) is 0 Å². The monoisotopic (exact) mass is 453 g/mol. The van der Waals surface area contributed by atoms with Crippen molar-refractivity contribution in [3.63, 3.8) is 0 Å². The third-order valence-corrected chi connectivity index (χ3v) is 8.16. The first-order valence-electron chi connectivity index (χ1n) is 9.99. The van der Waals surface area contributed by atoms with Gasteiger partial charge in [0.1, 0.15) is 5.82 Å². The number of nitrogens with zero attached hydrogens (tertiary/aromatic N) is 3. The molecule has 2 aromatic rings. The Morgan fingerprint density at radius 1 is 1.10 bits per heavy atom. The number of carbonyl (C=O) groups excluding carboxylic acids is 1. The molecule has 1 saturated heterocycles. The van der Waals surface area contributed by atoms with E-state index >= 15 is 0 Å². The Balaban J connectivity index is 1.58. The summed E-state index contributed by atoms with van der Waals surface area (Å²) in [5.41, 5.74) is 0. The van der Waals surface area contributed by atoms with Crippen LogP contribution in [0.5, 0.6) is 0 Å². The molecule has 3 rings (SSSR count). The second-order valence-corrected chi connectivity index (χ2v) is 11.1. The van der Waals surface area contributed by atoms with Crippen LogP contribution in [0.3, 0.4) is 0 Å². The molecule has 0 saturated carbocycles. The zero-order valence-corrected chi connectivity index (χ0v) is 19.2. The molecule has 1 fully saturated rings. The van der Waals surface area contributed by atoms with Crippen LogP contribution in [0.4, 0.5) is 4.39 Å². The lowest BCUT2D eigenvalue weighted by Crippen LogP contribution is -2.53. The highest BCUT2D eigenvalue weighted by molar-refractivity contribution is 7.89. The second kappa shape index (κ2) is 9.55. The average molecular weight is 454 g/mol. The molecular weight excluding hydrogens is 425 g/mol. The fraction of sp³-hybridized carbons (Fsp3) is 0.476. The van der Waals surface area contributed by atoms with Crippen LogP contribution in [0.15, 0.2) is 41.3 Å². The molecule has 1 aliphatic rings. The van der Waals surface area contributed by atoms with Crippen molar-refractivity contribution in [2.45, 2.75) is 38.3 Å². The molecule has 1 aliphatic heterocycles. The molecule has 9 heteroatoms. The van der Waals surface area contributed by atoms with Gasteiger partial charge in [0.15, 0.2) is 0 Å². The lowest BCUT2D eigenvalue weighted by Gasteiger charge is -2.35. The van der Waals surface area contributed by atoms with E-state index in [-0.39, 0.29) is 29.9 Å². The number of hydrogen-bond donors (Lipinski definition) is 0. The van der Waals surface area contributed by atoms with E-state index in [0.29, 0.717) is 19.6 Å². The highest BCUT2D eigenvalue weighted by atomic mass is 32.2. The summed E-state index contributed by atoms with van der Waals surface area (Å²) >= 11 is 1.73. The van der Waals surface area contributed by atoms with E-state index in [4.69, 9.17) is 0 Å². The fourth-order valence-corrected chi connectivity index (χ4v) is 5.74. The van der Waals surface area contributed by atoms with E-state index in [1.54, 1.807) is 16.2 Å². The van der Waals surface area contributed by atoms with Crippen molar-refractivity contribution < 1.29 is 17.6 Å². The molecule has 2 heterocycles. The maximum Gasteiger partial charge on any atom is 0.243 e. The summed E-state index contributed by atoms with van der Waals surface area (Å²) in [5.74, 6) is -0.465. The molecule has 1 amide bonds. The number of thiophene rings is 1. The molecule has 0 N–H and O–H groups in total. The summed E-state index contributed by atoms with van der Waals surface area (Å²) in [6.45, 7) is 8.40. The maximum absolute atomic E-state index is 13.1. The summed E-state index contributed by atoms with van der Waals surface area (Å²) < 4.78 is 39.9. The first-order chi connectivity index (χ1) is 14.2. The maximum atomic E-state index is 13.1. The molecule has 164 valence electrons. The summed E-state index contributed by atoms with van der Waals surface area (Å²) in [6.07, 6.45) is 0. The van der Waals surface area contributed by atoms with Crippen molar-refractivity contribution in [2.24, 2.45) is 0 Å². The molecule has 1 aromatic heterocycles. The molecule has 0 atom stereocenters. The SMILES string of the molecule is Cc1ccc(CN(CC(=O)N2CCN(S(=O)(=O)c3ccc(F)cc3)CC2)C(C)C)s1. The van der Waals surface area contributed by atoms with Crippen molar-refractivity contribution in [3.05, 3.63) is 52.0 Å². The summed E-state index contributed by atoms with van der Waals surface area (Å²) in [5, 5.41) is 0. The van der Waals surface area contributed by atoms with Crippen LogP contribution in [0.25, 0.3) is 0 Å². The number of amides is 1. The fourth-order valence-electron chi connectivity index (χ4n) is 3.40. The molecule has 30 heavy (non-hydrogen) atoms.